The fourth-order valence-corrected chi connectivity index (χ4v) is 3.93. The van der Waals surface area contributed by atoms with Gasteiger partial charge < -0.3 is 15.0 Å². The van der Waals surface area contributed by atoms with Crippen molar-refractivity contribution in [2.45, 2.75) is 39.3 Å². The normalized spacial score (nSPS) is 11.5. The second-order valence-corrected chi connectivity index (χ2v) is 9.49. The molecular formula is C28H31IN2O3. The number of amides is 2. The summed E-state index contributed by atoms with van der Waals surface area (Å²) in [6, 6.07) is 24.7. The molecule has 0 heterocycles. The van der Waals surface area contributed by atoms with Crippen LogP contribution < -0.4 is 10.1 Å². The van der Waals surface area contributed by atoms with E-state index in [9.17, 15) is 9.59 Å². The smallest absolute Gasteiger partial charge is 0.261 e. The van der Waals surface area contributed by atoms with E-state index in [2.05, 4.69) is 27.9 Å². The standard InChI is InChI=1S/C28H31IN2O3/c1-3-17-30-28(33)26(18-22-7-5-4-6-8-22)31(19-23-11-9-21(2)10-12-23)27(32)20-34-25-15-13-24(29)14-16-25/h4-16,26H,3,17-20H2,1-2H3,(H,30,33)/t26-/m0/s1. The molecule has 0 bridgehead atoms. The third-order valence-corrected chi connectivity index (χ3v) is 6.19. The van der Waals surface area contributed by atoms with E-state index < -0.39 is 6.04 Å². The molecule has 5 nitrogen and oxygen atoms in total. The SMILES string of the molecule is CCCNC(=O)[C@H](Cc1ccccc1)N(Cc1ccc(C)cc1)C(=O)COc1ccc(I)cc1. The van der Waals surface area contributed by atoms with Crippen molar-refractivity contribution in [1.29, 1.82) is 0 Å². The number of halogens is 1. The van der Waals surface area contributed by atoms with Gasteiger partial charge in [-0.15, -0.1) is 0 Å². The summed E-state index contributed by atoms with van der Waals surface area (Å²) in [4.78, 5) is 28.4. The Bertz CT molecular complexity index is 1050. The highest BCUT2D eigenvalue weighted by Crippen LogP contribution is 2.17. The number of carbonyl (C=O) groups is 2. The largest absolute Gasteiger partial charge is 0.484 e. The monoisotopic (exact) mass is 570 g/mol. The molecule has 2 amide bonds. The topological polar surface area (TPSA) is 58.6 Å². The van der Waals surface area contributed by atoms with Gasteiger partial charge in [0.15, 0.2) is 6.61 Å². The van der Waals surface area contributed by atoms with E-state index in [0.29, 0.717) is 25.3 Å². The van der Waals surface area contributed by atoms with Gasteiger partial charge in [-0.1, -0.05) is 67.1 Å². The first-order valence-electron chi connectivity index (χ1n) is 11.5. The molecule has 0 saturated heterocycles. The van der Waals surface area contributed by atoms with Crippen LogP contribution in [-0.4, -0.2) is 35.9 Å². The summed E-state index contributed by atoms with van der Waals surface area (Å²) in [6.45, 7) is 4.79. The maximum atomic E-state index is 13.5. The van der Waals surface area contributed by atoms with Crippen molar-refractivity contribution in [2.75, 3.05) is 13.2 Å². The molecule has 0 spiro atoms. The Hall–Kier alpha value is -2.87. The quantitative estimate of drug-likeness (QED) is 0.325. The molecular weight excluding hydrogens is 539 g/mol. The summed E-state index contributed by atoms with van der Waals surface area (Å²) in [5, 5.41) is 2.99. The Kier molecular flexibility index (Phi) is 9.94. The number of nitrogens with one attached hydrogen (secondary N) is 1. The highest BCUT2D eigenvalue weighted by molar-refractivity contribution is 14.1. The Balaban J connectivity index is 1.87. The van der Waals surface area contributed by atoms with Crippen molar-refractivity contribution in [3.05, 3.63) is 99.1 Å². The summed E-state index contributed by atoms with van der Waals surface area (Å²) in [5.74, 6) is 0.242. The molecule has 0 aromatic heterocycles. The van der Waals surface area contributed by atoms with Crippen LogP contribution in [0.1, 0.15) is 30.0 Å². The molecule has 0 saturated carbocycles. The van der Waals surface area contributed by atoms with Crippen molar-refractivity contribution in [3.63, 3.8) is 0 Å². The molecule has 3 rings (SSSR count). The second-order valence-electron chi connectivity index (χ2n) is 8.25. The van der Waals surface area contributed by atoms with Crippen molar-refractivity contribution in [2.24, 2.45) is 0 Å². The second kappa shape index (κ2) is 13.1. The van der Waals surface area contributed by atoms with E-state index >= 15 is 0 Å². The van der Waals surface area contributed by atoms with Gasteiger partial charge in [-0.3, -0.25) is 9.59 Å². The van der Waals surface area contributed by atoms with Crippen molar-refractivity contribution in [1.82, 2.24) is 10.2 Å². The molecule has 34 heavy (non-hydrogen) atoms. The molecule has 0 radical (unpaired) electrons. The van der Waals surface area contributed by atoms with Gasteiger partial charge in [-0.25, -0.2) is 0 Å². The third kappa shape index (κ3) is 7.87. The molecule has 178 valence electrons. The first-order valence-corrected chi connectivity index (χ1v) is 12.6. The Labute approximate surface area is 215 Å². The minimum Gasteiger partial charge on any atom is -0.484 e. The molecule has 0 aliphatic carbocycles. The van der Waals surface area contributed by atoms with Gasteiger partial charge in [0.05, 0.1) is 0 Å². The molecule has 3 aromatic rings. The van der Waals surface area contributed by atoms with Gasteiger partial charge in [0.25, 0.3) is 5.91 Å². The van der Waals surface area contributed by atoms with Gasteiger partial charge in [-0.2, -0.15) is 0 Å². The first-order chi connectivity index (χ1) is 16.5. The number of aryl methyl sites for hydroxylation is 1. The predicted octanol–water partition coefficient (Wildman–Crippen LogP) is 5.14. The Morgan fingerprint density at radius 3 is 2.26 bits per heavy atom. The minimum atomic E-state index is -0.650. The van der Waals surface area contributed by atoms with Crippen LogP contribution in [0.4, 0.5) is 0 Å². The van der Waals surface area contributed by atoms with E-state index in [-0.39, 0.29) is 18.4 Å². The van der Waals surface area contributed by atoms with Crippen LogP contribution in [0.2, 0.25) is 0 Å². The van der Waals surface area contributed by atoms with Crippen molar-refractivity contribution in [3.8, 4) is 5.75 Å². The molecule has 0 fully saturated rings. The maximum absolute atomic E-state index is 13.5. The lowest BCUT2D eigenvalue weighted by Crippen LogP contribution is -2.51. The summed E-state index contributed by atoms with van der Waals surface area (Å²) in [7, 11) is 0. The first kappa shape index (κ1) is 25.7. The lowest BCUT2D eigenvalue weighted by atomic mass is 10.0. The van der Waals surface area contributed by atoms with Gasteiger partial charge in [0.2, 0.25) is 5.91 Å². The van der Waals surface area contributed by atoms with E-state index in [0.717, 1.165) is 26.7 Å². The summed E-state index contributed by atoms with van der Waals surface area (Å²) >= 11 is 2.23. The lowest BCUT2D eigenvalue weighted by molar-refractivity contribution is -0.142. The van der Waals surface area contributed by atoms with E-state index in [1.807, 2.05) is 92.7 Å². The highest BCUT2D eigenvalue weighted by atomic mass is 127. The van der Waals surface area contributed by atoms with Crippen LogP contribution in [0.15, 0.2) is 78.9 Å². The summed E-state index contributed by atoms with van der Waals surface area (Å²) in [6.07, 6.45) is 1.25. The van der Waals surface area contributed by atoms with E-state index in [4.69, 9.17) is 4.74 Å². The van der Waals surface area contributed by atoms with Gasteiger partial charge in [-0.05, 0) is 71.3 Å². The summed E-state index contributed by atoms with van der Waals surface area (Å²) < 4.78 is 6.89. The lowest BCUT2D eigenvalue weighted by Gasteiger charge is -2.31. The van der Waals surface area contributed by atoms with Crippen molar-refractivity contribution < 1.29 is 14.3 Å². The number of rotatable bonds is 11. The van der Waals surface area contributed by atoms with E-state index in [1.165, 1.54) is 0 Å². The van der Waals surface area contributed by atoms with Crippen LogP contribution in [0.3, 0.4) is 0 Å². The van der Waals surface area contributed by atoms with Crippen LogP contribution in [0.5, 0.6) is 5.75 Å². The minimum absolute atomic E-state index is 0.140. The maximum Gasteiger partial charge on any atom is 0.261 e. The number of ether oxygens (including phenoxy) is 1. The van der Waals surface area contributed by atoms with Crippen LogP contribution in [0.25, 0.3) is 0 Å². The third-order valence-electron chi connectivity index (χ3n) is 5.47. The number of nitrogens with zero attached hydrogens (tertiary/aromatic N) is 1. The number of hydrogen-bond donors (Lipinski definition) is 1. The van der Waals surface area contributed by atoms with Gasteiger partial charge in [0, 0.05) is 23.1 Å². The number of benzene rings is 3. The van der Waals surface area contributed by atoms with Crippen LogP contribution in [0, 0.1) is 10.5 Å². The predicted molar refractivity (Wildman–Crippen MR) is 144 cm³/mol. The zero-order valence-electron chi connectivity index (χ0n) is 19.7. The fraction of sp³-hybridized carbons (Fsp3) is 0.286. The number of hydrogen-bond acceptors (Lipinski definition) is 3. The number of carbonyl (C=O) groups excluding carboxylic acids is 2. The molecule has 3 aromatic carbocycles. The molecule has 0 unspecified atom stereocenters. The van der Waals surface area contributed by atoms with E-state index in [1.54, 1.807) is 4.90 Å². The van der Waals surface area contributed by atoms with Gasteiger partial charge >= 0.3 is 0 Å². The average Bonchev–Trinajstić information content (AvgIpc) is 2.86. The summed E-state index contributed by atoms with van der Waals surface area (Å²) in [5.41, 5.74) is 3.11. The molecule has 6 heteroatoms. The van der Waals surface area contributed by atoms with Gasteiger partial charge in [0.1, 0.15) is 11.8 Å². The average molecular weight is 570 g/mol. The van der Waals surface area contributed by atoms with Crippen LogP contribution in [-0.2, 0) is 22.6 Å². The fourth-order valence-electron chi connectivity index (χ4n) is 3.57. The Morgan fingerprint density at radius 2 is 1.62 bits per heavy atom. The molecule has 1 N–H and O–H groups in total. The molecule has 0 aliphatic heterocycles. The van der Waals surface area contributed by atoms with Crippen molar-refractivity contribution >= 4 is 34.4 Å². The Morgan fingerprint density at radius 1 is 0.941 bits per heavy atom. The highest BCUT2D eigenvalue weighted by Gasteiger charge is 2.30. The van der Waals surface area contributed by atoms with Crippen LogP contribution >= 0.6 is 22.6 Å². The zero-order valence-corrected chi connectivity index (χ0v) is 21.8. The molecule has 1 atom stereocenters. The zero-order chi connectivity index (χ0) is 24.3. The molecule has 0 aliphatic rings.